The molecule has 2 aromatic carbocycles. The first kappa shape index (κ1) is 16.3. The Bertz CT molecular complexity index is 793. The van der Waals surface area contributed by atoms with Crippen molar-refractivity contribution in [3.05, 3.63) is 64.6 Å². The van der Waals surface area contributed by atoms with Crippen molar-refractivity contribution in [3.8, 4) is 5.75 Å². The number of hydrogen-bond donors (Lipinski definition) is 1. The molecule has 1 aliphatic rings. The Morgan fingerprint density at radius 3 is 2.46 bits per heavy atom. The topological polar surface area (TPSA) is 50.7 Å². The summed E-state index contributed by atoms with van der Waals surface area (Å²) in [5, 5.41) is 3.41. The van der Waals surface area contributed by atoms with Crippen LogP contribution >= 0.6 is 11.8 Å². The summed E-state index contributed by atoms with van der Waals surface area (Å²) in [7, 11) is 1.63. The monoisotopic (exact) mass is 338 g/mol. The first-order valence-electron chi connectivity index (χ1n) is 7.70. The van der Waals surface area contributed by atoms with E-state index in [1.54, 1.807) is 7.11 Å². The van der Waals surface area contributed by atoms with Gasteiger partial charge in [-0.2, -0.15) is 0 Å². The maximum Gasteiger partial charge on any atom is 0.264 e. The Morgan fingerprint density at radius 2 is 1.83 bits per heavy atom. The zero-order valence-corrected chi connectivity index (χ0v) is 14.4. The third kappa shape index (κ3) is 3.86. The van der Waals surface area contributed by atoms with Gasteiger partial charge in [0.15, 0.2) is 5.17 Å². The van der Waals surface area contributed by atoms with Crippen molar-refractivity contribution >= 4 is 34.6 Å². The molecular formula is C19H18N2O2S. The summed E-state index contributed by atoms with van der Waals surface area (Å²) in [6.07, 6.45) is 2.85. The van der Waals surface area contributed by atoms with Crippen LogP contribution < -0.4 is 10.1 Å². The van der Waals surface area contributed by atoms with Crippen molar-refractivity contribution in [2.24, 2.45) is 4.99 Å². The summed E-state index contributed by atoms with van der Waals surface area (Å²) >= 11 is 1.35. The first-order chi connectivity index (χ1) is 11.7. The molecule has 0 aromatic heterocycles. The minimum Gasteiger partial charge on any atom is -0.497 e. The molecule has 0 saturated carbocycles. The summed E-state index contributed by atoms with van der Waals surface area (Å²) in [6, 6.07) is 15.6. The Hall–Kier alpha value is -2.53. The van der Waals surface area contributed by atoms with Gasteiger partial charge in [-0.05, 0) is 59.7 Å². The van der Waals surface area contributed by atoms with Crippen LogP contribution in [0.1, 0.15) is 18.1 Å². The van der Waals surface area contributed by atoms with Crippen molar-refractivity contribution in [1.29, 1.82) is 0 Å². The van der Waals surface area contributed by atoms with E-state index in [4.69, 9.17) is 4.74 Å². The molecule has 1 fully saturated rings. The van der Waals surface area contributed by atoms with Crippen LogP contribution in [0.2, 0.25) is 0 Å². The fraction of sp³-hybridized carbons (Fsp3) is 0.158. The van der Waals surface area contributed by atoms with E-state index >= 15 is 0 Å². The van der Waals surface area contributed by atoms with Crippen LogP contribution in [0.15, 0.2) is 58.4 Å². The van der Waals surface area contributed by atoms with Gasteiger partial charge in [-0.25, -0.2) is 4.99 Å². The van der Waals surface area contributed by atoms with Gasteiger partial charge in [-0.1, -0.05) is 31.2 Å². The molecule has 0 unspecified atom stereocenters. The number of amidine groups is 1. The first-order valence-corrected chi connectivity index (χ1v) is 8.52. The number of nitrogens with zero attached hydrogens (tertiary/aromatic N) is 1. The molecule has 0 bridgehead atoms. The minimum atomic E-state index is -0.125. The van der Waals surface area contributed by atoms with Crippen molar-refractivity contribution < 1.29 is 9.53 Å². The third-order valence-corrected chi connectivity index (χ3v) is 4.55. The Morgan fingerprint density at radius 1 is 1.12 bits per heavy atom. The molecule has 0 aliphatic carbocycles. The van der Waals surface area contributed by atoms with Crippen LogP contribution in [0.25, 0.3) is 6.08 Å². The van der Waals surface area contributed by atoms with Crippen molar-refractivity contribution in [1.82, 2.24) is 5.32 Å². The van der Waals surface area contributed by atoms with E-state index < -0.39 is 0 Å². The molecule has 4 nitrogen and oxygen atoms in total. The maximum absolute atomic E-state index is 12.1. The summed E-state index contributed by atoms with van der Waals surface area (Å²) in [5.41, 5.74) is 3.05. The number of rotatable bonds is 4. The third-order valence-electron chi connectivity index (χ3n) is 3.64. The molecule has 1 aliphatic heterocycles. The van der Waals surface area contributed by atoms with Crippen LogP contribution in [0.4, 0.5) is 5.69 Å². The van der Waals surface area contributed by atoms with Crippen LogP contribution in [-0.2, 0) is 11.2 Å². The molecule has 0 radical (unpaired) electrons. The second kappa shape index (κ2) is 7.36. The number of carbonyl (C=O) groups is 1. The highest BCUT2D eigenvalue weighted by Gasteiger charge is 2.23. The number of ether oxygens (including phenoxy) is 1. The molecule has 1 amide bonds. The predicted molar refractivity (Wildman–Crippen MR) is 99.6 cm³/mol. The molecule has 24 heavy (non-hydrogen) atoms. The van der Waals surface area contributed by atoms with Crippen molar-refractivity contribution in [3.63, 3.8) is 0 Å². The van der Waals surface area contributed by atoms with E-state index in [2.05, 4.69) is 29.4 Å². The average Bonchev–Trinajstić information content (AvgIpc) is 2.95. The number of amides is 1. The van der Waals surface area contributed by atoms with Crippen molar-refractivity contribution in [2.45, 2.75) is 13.3 Å². The molecule has 1 N–H and O–H groups in total. The molecule has 5 heteroatoms. The summed E-state index contributed by atoms with van der Waals surface area (Å²) in [5.74, 6) is 0.665. The van der Waals surface area contributed by atoms with E-state index in [0.717, 1.165) is 23.4 Å². The largest absolute Gasteiger partial charge is 0.497 e. The van der Waals surface area contributed by atoms with E-state index in [0.29, 0.717) is 10.1 Å². The molecule has 122 valence electrons. The lowest BCUT2D eigenvalue weighted by Crippen LogP contribution is -2.19. The normalized spacial score (nSPS) is 17.3. The SMILES string of the molecule is CCc1ccc(N=C2NC(=O)C(=Cc3ccc(OC)cc3)S2)cc1. The molecule has 0 spiro atoms. The Kier molecular flexibility index (Phi) is 5.01. The number of benzene rings is 2. The highest BCUT2D eigenvalue weighted by Crippen LogP contribution is 2.28. The second-order valence-electron chi connectivity index (χ2n) is 5.27. The van der Waals surface area contributed by atoms with Gasteiger partial charge in [-0.15, -0.1) is 0 Å². The molecular weight excluding hydrogens is 320 g/mol. The van der Waals surface area contributed by atoms with Crippen LogP contribution in [0.5, 0.6) is 5.75 Å². The van der Waals surface area contributed by atoms with Crippen LogP contribution in [0.3, 0.4) is 0 Å². The lowest BCUT2D eigenvalue weighted by molar-refractivity contribution is -0.115. The number of hydrogen-bond acceptors (Lipinski definition) is 4. The lowest BCUT2D eigenvalue weighted by atomic mass is 10.2. The van der Waals surface area contributed by atoms with Gasteiger partial charge in [0.1, 0.15) is 5.75 Å². The summed E-state index contributed by atoms with van der Waals surface area (Å²) in [6.45, 7) is 2.12. The number of nitrogens with one attached hydrogen (secondary N) is 1. The molecule has 1 saturated heterocycles. The highest BCUT2D eigenvalue weighted by atomic mass is 32.2. The van der Waals surface area contributed by atoms with Gasteiger partial charge in [-0.3, -0.25) is 4.79 Å². The minimum absolute atomic E-state index is 0.125. The number of aliphatic imine (C=N–C) groups is 1. The van der Waals surface area contributed by atoms with Gasteiger partial charge in [0.2, 0.25) is 0 Å². The fourth-order valence-electron chi connectivity index (χ4n) is 2.26. The van der Waals surface area contributed by atoms with Gasteiger partial charge in [0.25, 0.3) is 5.91 Å². The van der Waals surface area contributed by atoms with E-state index in [1.165, 1.54) is 17.3 Å². The summed E-state index contributed by atoms with van der Waals surface area (Å²) < 4.78 is 5.14. The van der Waals surface area contributed by atoms with E-state index in [-0.39, 0.29) is 5.91 Å². The zero-order chi connectivity index (χ0) is 16.9. The predicted octanol–water partition coefficient (Wildman–Crippen LogP) is 4.15. The molecule has 0 atom stereocenters. The smallest absolute Gasteiger partial charge is 0.264 e. The second-order valence-corrected chi connectivity index (χ2v) is 6.31. The Balaban J connectivity index is 1.76. The molecule has 3 rings (SSSR count). The number of methoxy groups -OCH3 is 1. The Labute approximate surface area is 145 Å². The van der Waals surface area contributed by atoms with Crippen LogP contribution in [-0.4, -0.2) is 18.2 Å². The molecule has 2 aromatic rings. The fourth-order valence-corrected chi connectivity index (χ4v) is 3.10. The standard InChI is InChI=1S/C19H18N2O2S/c1-3-13-4-8-15(9-5-13)20-19-21-18(22)17(24-19)12-14-6-10-16(23-2)11-7-14/h4-12H,3H2,1-2H3,(H,20,21,22). The maximum atomic E-state index is 12.1. The number of aryl methyl sites for hydroxylation is 1. The van der Waals surface area contributed by atoms with Gasteiger partial charge < -0.3 is 10.1 Å². The van der Waals surface area contributed by atoms with E-state index in [9.17, 15) is 4.79 Å². The van der Waals surface area contributed by atoms with E-state index in [1.807, 2.05) is 42.5 Å². The van der Waals surface area contributed by atoms with Crippen LogP contribution in [0, 0.1) is 0 Å². The van der Waals surface area contributed by atoms with Gasteiger partial charge in [0.05, 0.1) is 17.7 Å². The highest BCUT2D eigenvalue weighted by molar-refractivity contribution is 8.18. The van der Waals surface area contributed by atoms with Gasteiger partial charge in [0, 0.05) is 0 Å². The number of carbonyl (C=O) groups excluding carboxylic acids is 1. The van der Waals surface area contributed by atoms with Crippen molar-refractivity contribution in [2.75, 3.05) is 7.11 Å². The lowest BCUT2D eigenvalue weighted by Gasteiger charge is -1.99. The quantitative estimate of drug-likeness (QED) is 0.852. The molecule has 1 heterocycles. The van der Waals surface area contributed by atoms with Gasteiger partial charge >= 0.3 is 0 Å². The number of thioether (sulfide) groups is 1. The average molecular weight is 338 g/mol. The summed E-state index contributed by atoms with van der Waals surface area (Å²) in [4.78, 5) is 17.2. The zero-order valence-electron chi connectivity index (χ0n) is 13.6.